The number of hydrogen-bond donors (Lipinski definition) is 2. The lowest BCUT2D eigenvalue weighted by atomic mass is 10.1. The fraction of sp³-hybridized carbons (Fsp3) is 0.125. The Morgan fingerprint density at radius 3 is 2.62 bits per heavy atom. The van der Waals surface area contributed by atoms with E-state index in [0.717, 1.165) is 21.3 Å². The molecular formula is C16H14N2O2S. The summed E-state index contributed by atoms with van der Waals surface area (Å²) in [7, 11) is 0. The third-order valence-corrected chi connectivity index (χ3v) is 4.10. The van der Waals surface area contributed by atoms with Crippen LogP contribution in [-0.4, -0.2) is 16.0 Å². The Balaban J connectivity index is 1.89. The smallest absolute Gasteiger partial charge is 0.261 e. The van der Waals surface area contributed by atoms with E-state index in [1.807, 2.05) is 32.0 Å². The zero-order valence-corrected chi connectivity index (χ0v) is 12.5. The van der Waals surface area contributed by atoms with Crippen LogP contribution in [0.1, 0.15) is 21.5 Å². The van der Waals surface area contributed by atoms with E-state index in [1.165, 1.54) is 11.3 Å². The molecule has 2 aromatic carbocycles. The van der Waals surface area contributed by atoms with Crippen LogP contribution in [0.15, 0.2) is 36.4 Å². The quantitative estimate of drug-likeness (QED) is 0.755. The Kier molecular flexibility index (Phi) is 3.35. The van der Waals surface area contributed by atoms with E-state index >= 15 is 0 Å². The molecule has 1 amide bonds. The van der Waals surface area contributed by atoms with Gasteiger partial charge >= 0.3 is 0 Å². The van der Waals surface area contributed by atoms with Gasteiger partial charge in [0.2, 0.25) is 0 Å². The average molecular weight is 298 g/mol. The first kappa shape index (κ1) is 13.6. The number of fused-ring (bicyclic) bond motifs is 1. The number of aromatic hydroxyl groups is 1. The monoisotopic (exact) mass is 298 g/mol. The number of anilines is 1. The number of nitrogens with zero attached hydrogens (tertiary/aromatic N) is 1. The van der Waals surface area contributed by atoms with Crippen LogP contribution in [0, 0.1) is 13.8 Å². The lowest BCUT2D eigenvalue weighted by Crippen LogP contribution is -2.11. The number of carbonyl (C=O) groups excluding carboxylic acids is 1. The first-order valence-electron chi connectivity index (χ1n) is 6.51. The molecule has 0 aliphatic rings. The molecule has 0 aliphatic heterocycles. The third-order valence-electron chi connectivity index (χ3n) is 3.16. The van der Waals surface area contributed by atoms with Crippen molar-refractivity contribution < 1.29 is 9.90 Å². The van der Waals surface area contributed by atoms with Crippen molar-refractivity contribution in [2.24, 2.45) is 0 Å². The first-order chi connectivity index (χ1) is 10.0. The van der Waals surface area contributed by atoms with Gasteiger partial charge < -0.3 is 5.11 Å². The fourth-order valence-corrected chi connectivity index (χ4v) is 3.04. The van der Waals surface area contributed by atoms with Crippen molar-refractivity contribution >= 4 is 32.6 Å². The van der Waals surface area contributed by atoms with Gasteiger partial charge in [-0.2, -0.15) is 0 Å². The molecule has 5 heteroatoms. The molecular weight excluding hydrogens is 284 g/mol. The first-order valence-corrected chi connectivity index (χ1v) is 7.33. The predicted molar refractivity (Wildman–Crippen MR) is 85.2 cm³/mol. The van der Waals surface area contributed by atoms with Crippen molar-refractivity contribution in [1.29, 1.82) is 0 Å². The molecule has 1 heterocycles. The molecule has 106 valence electrons. The second kappa shape index (κ2) is 5.18. The number of carbonyl (C=O) groups is 1. The van der Waals surface area contributed by atoms with Crippen LogP contribution in [0.4, 0.5) is 5.13 Å². The minimum absolute atomic E-state index is 0.0237. The summed E-state index contributed by atoms with van der Waals surface area (Å²) in [6, 6.07) is 10.9. The van der Waals surface area contributed by atoms with Crippen molar-refractivity contribution in [2.75, 3.05) is 5.32 Å². The Morgan fingerprint density at radius 1 is 1.14 bits per heavy atom. The minimum atomic E-state index is -0.358. The van der Waals surface area contributed by atoms with Gasteiger partial charge in [0, 0.05) is 0 Å². The number of aryl methyl sites for hydroxylation is 2. The van der Waals surface area contributed by atoms with Crippen LogP contribution in [0.2, 0.25) is 0 Å². The largest absolute Gasteiger partial charge is 0.507 e. The van der Waals surface area contributed by atoms with Gasteiger partial charge in [0.05, 0.1) is 15.8 Å². The SMILES string of the molecule is Cc1ccc(C(=O)Nc2nc3ccc(C)cc3s2)c(O)c1. The van der Waals surface area contributed by atoms with Crippen molar-refractivity contribution in [3.8, 4) is 5.75 Å². The molecule has 21 heavy (non-hydrogen) atoms. The summed E-state index contributed by atoms with van der Waals surface area (Å²) in [5.74, 6) is -0.382. The van der Waals surface area contributed by atoms with Gasteiger partial charge in [-0.25, -0.2) is 4.98 Å². The van der Waals surface area contributed by atoms with Gasteiger partial charge in [0.15, 0.2) is 5.13 Å². The van der Waals surface area contributed by atoms with Gasteiger partial charge in [0.25, 0.3) is 5.91 Å². The van der Waals surface area contributed by atoms with Crippen LogP contribution >= 0.6 is 11.3 Å². The highest BCUT2D eigenvalue weighted by Crippen LogP contribution is 2.28. The maximum absolute atomic E-state index is 12.2. The summed E-state index contributed by atoms with van der Waals surface area (Å²) in [5.41, 5.74) is 3.16. The Labute approximate surface area is 126 Å². The van der Waals surface area contributed by atoms with E-state index < -0.39 is 0 Å². The summed E-state index contributed by atoms with van der Waals surface area (Å²) in [6.45, 7) is 3.87. The summed E-state index contributed by atoms with van der Waals surface area (Å²) in [6.07, 6.45) is 0. The lowest BCUT2D eigenvalue weighted by molar-refractivity contribution is 0.102. The van der Waals surface area contributed by atoms with Gasteiger partial charge in [0.1, 0.15) is 5.75 Å². The second-order valence-electron chi connectivity index (χ2n) is 4.96. The topological polar surface area (TPSA) is 62.2 Å². The summed E-state index contributed by atoms with van der Waals surface area (Å²) < 4.78 is 1.03. The molecule has 1 aromatic heterocycles. The summed E-state index contributed by atoms with van der Waals surface area (Å²) in [5, 5.41) is 13.1. The molecule has 0 bridgehead atoms. The van der Waals surface area contributed by atoms with Gasteiger partial charge in [-0.3, -0.25) is 10.1 Å². The molecule has 0 atom stereocenters. The van der Waals surface area contributed by atoms with Crippen molar-refractivity contribution in [3.05, 3.63) is 53.1 Å². The number of phenolic OH excluding ortho intramolecular Hbond substituents is 1. The molecule has 4 nitrogen and oxygen atoms in total. The van der Waals surface area contributed by atoms with Gasteiger partial charge in [-0.1, -0.05) is 23.5 Å². The van der Waals surface area contributed by atoms with Crippen LogP contribution in [0.5, 0.6) is 5.75 Å². The van der Waals surface area contributed by atoms with Crippen molar-refractivity contribution in [3.63, 3.8) is 0 Å². The fourth-order valence-electron chi connectivity index (χ4n) is 2.08. The highest BCUT2D eigenvalue weighted by Gasteiger charge is 2.13. The molecule has 0 unspecified atom stereocenters. The number of nitrogens with one attached hydrogen (secondary N) is 1. The van der Waals surface area contributed by atoms with Gasteiger partial charge in [-0.15, -0.1) is 0 Å². The molecule has 0 radical (unpaired) electrons. The second-order valence-corrected chi connectivity index (χ2v) is 6.00. The Morgan fingerprint density at radius 2 is 1.86 bits per heavy atom. The zero-order valence-electron chi connectivity index (χ0n) is 11.7. The van der Waals surface area contributed by atoms with E-state index in [9.17, 15) is 9.90 Å². The number of amides is 1. The number of benzene rings is 2. The summed E-state index contributed by atoms with van der Waals surface area (Å²) in [4.78, 5) is 16.6. The number of aromatic nitrogens is 1. The number of hydrogen-bond acceptors (Lipinski definition) is 4. The number of thiazole rings is 1. The molecule has 0 fully saturated rings. The molecule has 0 aliphatic carbocycles. The Bertz CT molecular complexity index is 839. The Hall–Kier alpha value is -2.40. The molecule has 3 rings (SSSR count). The van der Waals surface area contributed by atoms with E-state index in [1.54, 1.807) is 18.2 Å². The predicted octanol–water partition coefficient (Wildman–Crippen LogP) is 3.87. The highest BCUT2D eigenvalue weighted by atomic mass is 32.1. The molecule has 2 N–H and O–H groups in total. The van der Waals surface area contributed by atoms with E-state index in [2.05, 4.69) is 10.3 Å². The van der Waals surface area contributed by atoms with E-state index in [-0.39, 0.29) is 17.2 Å². The minimum Gasteiger partial charge on any atom is -0.507 e. The van der Waals surface area contributed by atoms with Crippen LogP contribution in [0.25, 0.3) is 10.2 Å². The zero-order chi connectivity index (χ0) is 15.0. The standard InChI is InChI=1S/C16H14N2O2S/c1-9-3-5-11(13(19)7-9)15(20)18-16-17-12-6-4-10(2)8-14(12)21-16/h3-8,19H,1-2H3,(H,17,18,20). The maximum atomic E-state index is 12.2. The molecule has 0 saturated carbocycles. The van der Waals surface area contributed by atoms with Gasteiger partial charge in [-0.05, 0) is 49.2 Å². The van der Waals surface area contributed by atoms with E-state index in [4.69, 9.17) is 0 Å². The highest BCUT2D eigenvalue weighted by molar-refractivity contribution is 7.22. The number of phenols is 1. The average Bonchev–Trinajstić information content (AvgIpc) is 2.79. The van der Waals surface area contributed by atoms with Crippen LogP contribution < -0.4 is 5.32 Å². The van der Waals surface area contributed by atoms with Crippen LogP contribution in [0.3, 0.4) is 0 Å². The molecule has 0 saturated heterocycles. The lowest BCUT2D eigenvalue weighted by Gasteiger charge is -2.04. The van der Waals surface area contributed by atoms with Crippen LogP contribution in [-0.2, 0) is 0 Å². The van der Waals surface area contributed by atoms with E-state index in [0.29, 0.717) is 5.13 Å². The van der Waals surface area contributed by atoms with Crippen molar-refractivity contribution in [2.45, 2.75) is 13.8 Å². The normalized spacial score (nSPS) is 10.8. The maximum Gasteiger partial charge on any atom is 0.261 e. The third kappa shape index (κ3) is 2.73. The molecule has 3 aromatic rings. The number of rotatable bonds is 2. The summed E-state index contributed by atoms with van der Waals surface area (Å²) >= 11 is 1.42. The van der Waals surface area contributed by atoms with Crippen molar-refractivity contribution in [1.82, 2.24) is 4.98 Å². The molecule has 0 spiro atoms.